The summed E-state index contributed by atoms with van der Waals surface area (Å²) in [6, 6.07) is 26.7. The Hall–Kier alpha value is -5.84. The van der Waals surface area contributed by atoms with Crippen LogP contribution in [0.3, 0.4) is 0 Å². The van der Waals surface area contributed by atoms with Crippen molar-refractivity contribution in [3.8, 4) is 11.8 Å². The molecule has 0 aliphatic rings. The highest BCUT2D eigenvalue weighted by Gasteiger charge is 2.19. The number of ether oxygens (including phenoxy) is 2. The number of carbonyl (C=O) groups is 2. The molecule has 220 valence electrons. The summed E-state index contributed by atoms with van der Waals surface area (Å²) in [5.74, 6) is -0.0921. The molecule has 0 atom stereocenters. The van der Waals surface area contributed by atoms with E-state index in [0.29, 0.717) is 23.3 Å². The first-order chi connectivity index (χ1) is 21.5. The third kappa shape index (κ3) is 6.02. The zero-order chi connectivity index (χ0) is 30.5. The topological polar surface area (TPSA) is 117 Å². The second kappa shape index (κ2) is 12.6. The van der Waals surface area contributed by atoms with Gasteiger partial charge in [-0.25, -0.2) is 14.5 Å². The average molecular weight is 588 g/mol. The molecule has 3 aromatic carbocycles. The van der Waals surface area contributed by atoms with E-state index in [4.69, 9.17) is 14.5 Å². The van der Waals surface area contributed by atoms with E-state index in [2.05, 4.69) is 15.1 Å². The van der Waals surface area contributed by atoms with Gasteiger partial charge in [-0.3, -0.25) is 4.79 Å². The number of anilines is 1. The summed E-state index contributed by atoms with van der Waals surface area (Å²) in [5.41, 5.74) is 4.60. The second-order valence-electron chi connectivity index (χ2n) is 9.94. The molecule has 0 bridgehead atoms. The zero-order valence-corrected chi connectivity index (χ0v) is 24.2. The number of amides is 1. The van der Waals surface area contributed by atoms with Crippen LogP contribution in [0.2, 0.25) is 0 Å². The number of hydrogen-bond acceptors (Lipinski definition) is 8. The maximum atomic E-state index is 13.0. The number of aromatic nitrogens is 6. The number of imidazole rings is 1. The van der Waals surface area contributed by atoms with Gasteiger partial charge < -0.3 is 18.9 Å². The number of esters is 1. The van der Waals surface area contributed by atoms with Crippen LogP contribution in [-0.4, -0.2) is 54.8 Å². The van der Waals surface area contributed by atoms with Crippen LogP contribution in [0.25, 0.3) is 17.1 Å². The summed E-state index contributed by atoms with van der Waals surface area (Å²) in [4.78, 5) is 40.8. The Morgan fingerprint density at radius 2 is 1.59 bits per heavy atom. The highest BCUT2D eigenvalue weighted by molar-refractivity contribution is 6.05. The molecule has 3 aromatic heterocycles. The van der Waals surface area contributed by atoms with Crippen molar-refractivity contribution in [3.05, 3.63) is 126 Å². The minimum Gasteiger partial charge on any atom is -0.471 e. The molecule has 0 spiro atoms. The molecule has 0 aliphatic heterocycles. The van der Waals surface area contributed by atoms with Gasteiger partial charge in [0.15, 0.2) is 11.2 Å². The maximum absolute atomic E-state index is 13.0. The molecule has 3 heterocycles. The Morgan fingerprint density at radius 1 is 0.864 bits per heavy atom. The molecular formula is C33H29N7O4. The molecule has 0 radical (unpaired) electrons. The first kappa shape index (κ1) is 28.3. The second-order valence-corrected chi connectivity index (χ2v) is 9.94. The number of rotatable bonds is 10. The van der Waals surface area contributed by atoms with E-state index < -0.39 is 5.97 Å². The molecule has 0 N–H and O–H groups in total. The molecule has 6 rings (SSSR count). The van der Waals surface area contributed by atoms with Gasteiger partial charge in [-0.1, -0.05) is 60.7 Å². The quantitative estimate of drug-likeness (QED) is 0.204. The molecule has 11 nitrogen and oxygen atoms in total. The molecule has 0 saturated heterocycles. The van der Waals surface area contributed by atoms with Crippen LogP contribution >= 0.6 is 0 Å². The van der Waals surface area contributed by atoms with Crippen molar-refractivity contribution in [1.82, 2.24) is 29.3 Å². The Bertz CT molecular complexity index is 1900. The lowest BCUT2D eigenvalue weighted by atomic mass is 10.1. The fourth-order valence-corrected chi connectivity index (χ4v) is 4.62. The third-order valence-electron chi connectivity index (χ3n) is 6.94. The lowest BCUT2D eigenvalue weighted by Crippen LogP contribution is -2.26. The molecular weight excluding hydrogens is 558 g/mol. The van der Waals surface area contributed by atoms with E-state index >= 15 is 0 Å². The summed E-state index contributed by atoms with van der Waals surface area (Å²) < 4.78 is 14.5. The fourth-order valence-electron chi connectivity index (χ4n) is 4.62. The van der Waals surface area contributed by atoms with Crippen LogP contribution in [0.5, 0.6) is 5.88 Å². The van der Waals surface area contributed by atoms with Crippen molar-refractivity contribution < 1.29 is 19.1 Å². The minimum absolute atomic E-state index is 0.102. The van der Waals surface area contributed by atoms with Crippen LogP contribution in [-0.2, 0) is 17.9 Å². The normalized spacial score (nSPS) is 11.0. The highest BCUT2D eigenvalue weighted by Crippen LogP contribution is 2.25. The molecule has 44 heavy (non-hydrogen) atoms. The van der Waals surface area contributed by atoms with Gasteiger partial charge in [0.2, 0.25) is 5.88 Å². The molecule has 6 aromatic rings. The van der Waals surface area contributed by atoms with Crippen LogP contribution < -0.4 is 9.64 Å². The SMILES string of the molecule is CCOC(=O)c1cnn(-c2nc(OCc3ccccc3)c3ncn(Cc4ccc(C(=O)N(C)c5ccccc5)cc4)c3n2)c1. The van der Waals surface area contributed by atoms with Gasteiger partial charge in [0.25, 0.3) is 11.9 Å². The van der Waals surface area contributed by atoms with E-state index in [1.165, 1.54) is 17.1 Å². The number of carbonyl (C=O) groups excluding carboxylic acids is 2. The van der Waals surface area contributed by atoms with E-state index in [1.54, 1.807) is 25.2 Å². The number of para-hydroxylation sites is 1. The lowest BCUT2D eigenvalue weighted by Gasteiger charge is -2.17. The average Bonchev–Trinajstić information content (AvgIpc) is 3.72. The summed E-state index contributed by atoms with van der Waals surface area (Å²) in [5, 5.41) is 4.29. The number of nitrogens with zero attached hydrogens (tertiary/aromatic N) is 7. The Morgan fingerprint density at radius 3 is 2.32 bits per heavy atom. The fraction of sp³-hybridized carbons (Fsp3) is 0.152. The third-order valence-corrected chi connectivity index (χ3v) is 6.94. The van der Waals surface area contributed by atoms with Crippen LogP contribution in [0.15, 0.2) is 104 Å². The Balaban J connectivity index is 1.29. The van der Waals surface area contributed by atoms with Gasteiger partial charge in [-0.15, -0.1) is 0 Å². The van der Waals surface area contributed by atoms with Crippen LogP contribution in [0.4, 0.5) is 5.69 Å². The number of benzene rings is 3. The van der Waals surface area contributed by atoms with E-state index in [1.807, 2.05) is 89.5 Å². The van der Waals surface area contributed by atoms with Crippen molar-refractivity contribution in [2.45, 2.75) is 20.1 Å². The van der Waals surface area contributed by atoms with E-state index in [0.717, 1.165) is 16.8 Å². The Kier molecular flexibility index (Phi) is 8.08. The number of fused-ring (bicyclic) bond motifs is 1. The van der Waals surface area contributed by atoms with Gasteiger partial charge in [0.1, 0.15) is 6.61 Å². The standard InChI is InChI=1S/C33H29N7O4/c1-3-43-32(42)26-18-35-40(20-26)33-36-29-28(30(37-33)44-21-24-10-6-4-7-11-24)34-22-39(29)19-23-14-16-25(17-15-23)31(41)38(2)27-12-8-5-9-13-27/h4-18,20,22H,3,19,21H2,1-2H3. The summed E-state index contributed by atoms with van der Waals surface area (Å²) in [6.07, 6.45) is 4.60. The predicted octanol–water partition coefficient (Wildman–Crippen LogP) is 5.09. The molecule has 1 amide bonds. The van der Waals surface area contributed by atoms with E-state index in [-0.39, 0.29) is 36.5 Å². The van der Waals surface area contributed by atoms with Crippen molar-refractivity contribution in [2.75, 3.05) is 18.6 Å². The molecule has 0 fully saturated rings. The number of hydrogen-bond donors (Lipinski definition) is 0. The van der Waals surface area contributed by atoms with Gasteiger partial charge in [0, 0.05) is 24.5 Å². The van der Waals surface area contributed by atoms with Gasteiger partial charge in [-0.2, -0.15) is 15.1 Å². The predicted molar refractivity (Wildman–Crippen MR) is 164 cm³/mol. The summed E-state index contributed by atoms with van der Waals surface area (Å²) >= 11 is 0. The first-order valence-corrected chi connectivity index (χ1v) is 14.0. The lowest BCUT2D eigenvalue weighted by molar-refractivity contribution is 0.0526. The first-order valence-electron chi connectivity index (χ1n) is 14.0. The van der Waals surface area contributed by atoms with Crippen molar-refractivity contribution in [3.63, 3.8) is 0 Å². The minimum atomic E-state index is -0.484. The van der Waals surface area contributed by atoms with Crippen molar-refractivity contribution in [2.24, 2.45) is 0 Å². The summed E-state index contributed by atoms with van der Waals surface area (Å²) in [6.45, 7) is 2.70. The van der Waals surface area contributed by atoms with Gasteiger partial charge in [-0.05, 0) is 42.3 Å². The molecule has 0 aliphatic carbocycles. The highest BCUT2D eigenvalue weighted by atomic mass is 16.5. The zero-order valence-electron chi connectivity index (χ0n) is 24.2. The summed E-state index contributed by atoms with van der Waals surface area (Å²) in [7, 11) is 1.76. The van der Waals surface area contributed by atoms with Crippen molar-refractivity contribution in [1.29, 1.82) is 0 Å². The monoisotopic (exact) mass is 587 g/mol. The van der Waals surface area contributed by atoms with E-state index in [9.17, 15) is 9.59 Å². The smallest absolute Gasteiger partial charge is 0.341 e. The van der Waals surface area contributed by atoms with Gasteiger partial charge >= 0.3 is 5.97 Å². The maximum Gasteiger partial charge on any atom is 0.341 e. The molecule has 0 unspecified atom stereocenters. The molecule has 0 saturated carbocycles. The van der Waals surface area contributed by atoms with Crippen LogP contribution in [0.1, 0.15) is 38.8 Å². The van der Waals surface area contributed by atoms with Crippen LogP contribution in [0, 0.1) is 0 Å². The van der Waals surface area contributed by atoms with Crippen molar-refractivity contribution >= 4 is 28.7 Å². The van der Waals surface area contributed by atoms with Gasteiger partial charge in [0.05, 0.1) is 31.2 Å². The largest absolute Gasteiger partial charge is 0.471 e. The molecule has 11 heteroatoms. The Labute approximate surface area is 253 Å².